The highest BCUT2D eigenvalue weighted by Gasteiger charge is 2.37. The molecule has 2 fully saturated rings. The lowest BCUT2D eigenvalue weighted by Gasteiger charge is -2.44. The van der Waals surface area contributed by atoms with Crippen molar-refractivity contribution in [3.63, 3.8) is 0 Å². The second-order valence-corrected chi connectivity index (χ2v) is 14.4. The second-order valence-electron chi connectivity index (χ2n) is 11.6. The Kier molecular flexibility index (Phi) is 9.79. The van der Waals surface area contributed by atoms with E-state index in [2.05, 4.69) is 41.6 Å². The third-order valence-corrected chi connectivity index (χ3v) is 10.6. The van der Waals surface area contributed by atoms with E-state index in [0.717, 1.165) is 73.5 Å². The number of benzene rings is 2. The Balaban J connectivity index is 1.54. The van der Waals surface area contributed by atoms with Crippen LogP contribution in [-0.4, -0.2) is 76.6 Å². The number of ether oxygens (including phenoxy) is 2. The minimum atomic E-state index is -3.84. The van der Waals surface area contributed by atoms with Gasteiger partial charge in [0.25, 0.3) is 0 Å². The molecule has 2 aromatic carbocycles. The van der Waals surface area contributed by atoms with E-state index in [9.17, 15) is 8.42 Å². The van der Waals surface area contributed by atoms with Crippen LogP contribution >= 0.6 is 11.8 Å². The summed E-state index contributed by atoms with van der Waals surface area (Å²) in [6.45, 7) is 12.2. The lowest BCUT2D eigenvalue weighted by molar-refractivity contribution is 0.107. The predicted octanol–water partition coefficient (Wildman–Crippen LogP) is 6.15. The third-order valence-electron chi connectivity index (χ3n) is 8.14. The Morgan fingerprint density at radius 3 is 2.68 bits per heavy atom. The van der Waals surface area contributed by atoms with Crippen LogP contribution in [0.2, 0.25) is 0 Å². The molecular formula is C32H43N3O4S2. The smallest absolute Gasteiger partial charge is 0.210 e. The van der Waals surface area contributed by atoms with Gasteiger partial charge in [0.15, 0.2) is 0 Å². The van der Waals surface area contributed by atoms with Gasteiger partial charge in [0.1, 0.15) is 10.6 Å². The molecule has 5 rings (SSSR count). The Hall–Kier alpha value is -2.33. The minimum absolute atomic E-state index is 0.250. The van der Waals surface area contributed by atoms with Crippen LogP contribution in [0.15, 0.2) is 63.3 Å². The van der Waals surface area contributed by atoms with Crippen LogP contribution in [0.4, 0.5) is 5.69 Å². The molecule has 41 heavy (non-hydrogen) atoms. The van der Waals surface area contributed by atoms with Crippen LogP contribution < -0.4 is 9.64 Å². The van der Waals surface area contributed by atoms with Crippen LogP contribution in [0.3, 0.4) is 0 Å². The molecule has 0 aliphatic carbocycles. The summed E-state index contributed by atoms with van der Waals surface area (Å²) >= 11 is 1.65. The zero-order chi connectivity index (χ0) is 29.0. The highest BCUT2D eigenvalue weighted by Crippen LogP contribution is 2.40. The first-order chi connectivity index (χ1) is 19.8. The monoisotopic (exact) mass is 597 g/mol. The number of unbranched alkanes of at least 4 members (excludes halogenated alkanes) is 1. The van der Waals surface area contributed by atoms with E-state index in [1.165, 1.54) is 0 Å². The van der Waals surface area contributed by atoms with Gasteiger partial charge in [-0.3, -0.25) is 9.88 Å². The number of hydrogen-bond donors (Lipinski definition) is 0. The fraction of sp³-hybridized carbons (Fsp3) is 0.531. The van der Waals surface area contributed by atoms with E-state index in [0.29, 0.717) is 36.8 Å². The Morgan fingerprint density at radius 2 is 1.95 bits per heavy atom. The number of hydrogen-bond acceptors (Lipinski definition) is 8. The average molecular weight is 598 g/mol. The number of rotatable bonds is 10. The van der Waals surface area contributed by atoms with Gasteiger partial charge < -0.3 is 14.4 Å². The third kappa shape index (κ3) is 6.69. The summed E-state index contributed by atoms with van der Waals surface area (Å²) in [7, 11) is -3.84. The lowest BCUT2D eigenvalue weighted by atomic mass is 9.90. The normalized spacial score (nSPS) is 20.3. The van der Waals surface area contributed by atoms with E-state index < -0.39 is 9.84 Å². The van der Waals surface area contributed by atoms with Crippen LogP contribution in [0, 0.1) is 11.8 Å². The molecule has 0 N–H and O–H groups in total. The van der Waals surface area contributed by atoms with Crippen molar-refractivity contribution in [2.24, 2.45) is 11.8 Å². The molecule has 0 amide bonds. The maximum Gasteiger partial charge on any atom is 0.210 e. The highest BCUT2D eigenvalue weighted by molar-refractivity contribution is 7.98. The van der Waals surface area contributed by atoms with Crippen LogP contribution in [-0.2, 0) is 14.6 Å². The summed E-state index contributed by atoms with van der Waals surface area (Å²) in [5, 5.41) is 0.879. The molecule has 3 heterocycles. The van der Waals surface area contributed by atoms with Gasteiger partial charge in [-0.05, 0) is 67.5 Å². The van der Waals surface area contributed by atoms with Crippen molar-refractivity contribution < 1.29 is 17.9 Å². The van der Waals surface area contributed by atoms with Gasteiger partial charge in [-0.15, -0.1) is 11.8 Å². The number of sulfone groups is 1. The van der Waals surface area contributed by atoms with E-state index in [1.54, 1.807) is 42.2 Å². The molecule has 2 unspecified atom stereocenters. The van der Waals surface area contributed by atoms with Crippen LogP contribution in [0.5, 0.6) is 5.75 Å². The van der Waals surface area contributed by atoms with Crippen molar-refractivity contribution in [3.05, 3.63) is 48.7 Å². The Bertz CT molecular complexity index is 1430. The van der Waals surface area contributed by atoms with Crippen molar-refractivity contribution in [1.29, 1.82) is 0 Å². The number of thioether (sulfide) groups is 1. The quantitative estimate of drug-likeness (QED) is 0.204. The fourth-order valence-corrected chi connectivity index (χ4v) is 7.98. The first-order valence-corrected chi connectivity index (χ1v) is 17.5. The molecule has 0 spiro atoms. The summed E-state index contributed by atoms with van der Waals surface area (Å²) in [6, 6.07) is 13.4. The van der Waals surface area contributed by atoms with E-state index in [1.807, 2.05) is 18.4 Å². The molecule has 3 aromatic rings. The van der Waals surface area contributed by atoms with E-state index in [-0.39, 0.29) is 9.79 Å². The minimum Gasteiger partial charge on any atom is -0.494 e. The van der Waals surface area contributed by atoms with Crippen LogP contribution in [0.1, 0.15) is 40.0 Å². The molecule has 9 heteroatoms. The van der Waals surface area contributed by atoms with Gasteiger partial charge >= 0.3 is 0 Å². The number of piperidine rings is 1. The molecule has 0 radical (unpaired) electrons. The number of anilines is 1. The van der Waals surface area contributed by atoms with Crippen molar-refractivity contribution in [1.82, 2.24) is 9.88 Å². The molecule has 7 nitrogen and oxygen atoms in total. The predicted molar refractivity (Wildman–Crippen MR) is 167 cm³/mol. The Morgan fingerprint density at radius 1 is 1.15 bits per heavy atom. The maximum absolute atomic E-state index is 14.2. The fourth-order valence-electron chi connectivity index (χ4n) is 6.11. The zero-order valence-electron chi connectivity index (χ0n) is 24.7. The maximum atomic E-state index is 14.2. The molecule has 2 saturated heterocycles. The van der Waals surface area contributed by atoms with Crippen molar-refractivity contribution in [2.45, 2.75) is 60.8 Å². The summed E-state index contributed by atoms with van der Waals surface area (Å²) in [5.74, 6) is 1.56. The lowest BCUT2D eigenvalue weighted by Crippen LogP contribution is -2.52. The summed E-state index contributed by atoms with van der Waals surface area (Å²) < 4.78 is 40.3. The molecule has 0 bridgehead atoms. The van der Waals surface area contributed by atoms with Gasteiger partial charge in [-0.2, -0.15) is 0 Å². The summed E-state index contributed by atoms with van der Waals surface area (Å²) in [5.41, 5.74) is 1.56. The van der Waals surface area contributed by atoms with Crippen molar-refractivity contribution >= 4 is 38.2 Å². The highest BCUT2D eigenvalue weighted by atomic mass is 32.2. The van der Waals surface area contributed by atoms with Crippen LogP contribution in [0.25, 0.3) is 10.9 Å². The molecule has 222 valence electrons. The van der Waals surface area contributed by atoms with E-state index >= 15 is 0 Å². The SMILES string of the molecule is CCCCOc1ccc(S(=O)(=O)c2cnc3ccc(SC)cc3c2N2CCC3C(COCCN3CC(C)C)C2)cc1. The number of aromatic nitrogens is 1. The second kappa shape index (κ2) is 13.3. The average Bonchev–Trinajstić information content (AvgIpc) is 3.17. The van der Waals surface area contributed by atoms with Crippen molar-refractivity contribution in [3.8, 4) is 5.75 Å². The number of fused-ring (bicyclic) bond motifs is 2. The largest absolute Gasteiger partial charge is 0.494 e. The first kappa shape index (κ1) is 30.1. The number of pyridine rings is 1. The molecule has 2 aliphatic rings. The molecule has 2 atom stereocenters. The first-order valence-electron chi connectivity index (χ1n) is 14.8. The molecule has 2 aliphatic heterocycles. The Labute approximate surface area is 249 Å². The molecule has 0 saturated carbocycles. The number of nitrogens with zero attached hydrogens (tertiary/aromatic N) is 3. The molecule has 1 aromatic heterocycles. The van der Waals surface area contributed by atoms with Gasteiger partial charge in [0, 0.05) is 54.6 Å². The van der Waals surface area contributed by atoms with Gasteiger partial charge in [0.2, 0.25) is 9.84 Å². The summed E-state index contributed by atoms with van der Waals surface area (Å²) in [4.78, 5) is 11.1. The molecular weight excluding hydrogens is 555 g/mol. The zero-order valence-corrected chi connectivity index (χ0v) is 26.3. The topological polar surface area (TPSA) is 72.0 Å². The summed E-state index contributed by atoms with van der Waals surface area (Å²) in [6.07, 6.45) is 6.56. The van der Waals surface area contributed by atoms with Gasteiger partial charge in [-0.1, -0.05) is 27.2 Å². The van der Waals surface area contributed by atoms with Gasteiger partial charge in [-0.25, -0.2) is 8.42 Å². The van der Waals surface area contributed by atoms with E-state index in [4.69, 9.17) is 9.47 Å². The standard InChI is InChI=1S/C32H43N3O4S2/c1-5-6-16-39-25-7-10-27(11-8-25)41(36,37)31-19-33-29-12-9-26(40-4)18-28(29)32(31)35-14-13-30-24(21-35)22-38-17-15-34(30)20-23(2)3/h7-12,18-19,23-24,30H,5-6,13-17,20-22H2,1-4H3. The van der Waals surface area contributed by atoms with Gasteiger partial charge in [0.05, 0.1) is 35.9 Å². The van der Waals surface area contributed by atoms with Crippen molar-refractivity contribution in [2.75, 3.05) is 57.2 Å².